The number of amides is 2. The van der Waals surface area contributed by atoms with Crippen LogP contribution in [0.25, 0.3) is 0 Å². The Bertz CT molecular complexity index is 530. The average Bonchev–Trinajstić information content (AvgIpc) is 2.47. The van der Waals surface area contributed by atoms with Gasteiger partial charge >= 0.3 is 5.97 Å². The Hall–Kier alpha value is -2.37. The van der Waals surface area contributed by atoms with Gasteiger partial charge in [-0.05, 0) is 12.5 Å². The number of carboxylic acid groups (broad SMARTS) is 1. The lowest BCUT2D eigenvalue weighted by Gasteiger charge is -2.27. The maximum absolute atomic E-state index is 12.2. The molecule has 1 rings (SSSR count). The number of aliphatic carboxylic acids is 1. The molecule has 6 nitrogen and oxygen atoms in total. The van der Waals surface area contributed by atoms with Gasteiger partial charge in [0.25, 0.3) is 0 Å². The molecule has 0 radical (unpaired) electrons. The number of hydrogen-bond acceptors (Lipinski definition) is 3. The molecule has 0 aromatic heterocycles. The zero-order valence-corrected chi connectivity index (χ0v) is 12.4. The third-order valence-electron chi connectivity index (χ3n) is 3.47. The molecule has 6 heteroatoms. The number of nitrogens with zero attached hydrogens (tertiary/aromatic N) is 1. The maximum atomic E-state index is 12.2. The fourth-order valence-corrected chi connectivity index (χ4v) is 1.93. The molecule has 0 saturated carbocycles. The van der Waals surface area contributed by atoms with Gasteiger partial charge in [0.1, 0.15) is 0 Å². The van der Waals surface area contributed by atoms with Crippen LogP contribution in [-0.4, -0.2) is 48.4 Å². The smallest absolute Gasteiger partial charge is 0.314 e. The highest BCUT2D eigenvalue weighted by Crippen LogP contribution is 2.28. The summed E-state index contributed by atoms with van der Waals surface area (Å²) in [4.78, 5) is 36.3. The first-order chi connectivity index (χ1) is 9.81. The van der Waals surface area contributed by atoms with Crippen molar-refractivity contribution >= 4 is 17.8 Å². The lowest BCUT2D eigenvalue weighted by atomic mass is 9.79. The molecule has 0 saturated heterocycles. The van der Waals surface area contributed by atoms with Gasteiger partial charge in [-0.25, -0.2) is 0 Å². The van der Waals surface area contributed by atoms with Crippen molar-refractivity contribution in [1.29, 1.82) is 0 Å². The van der Waals surface area contributed by atoms with Gasteiger partial charge in [0.05, 0.1) is 12.0 Å². The second kappa shape index (κ2) is 6.88. The van der Waals surface area contributed by atoms with Crippen LogP contribution in [0.3, 0.4) is 0 Å². The Morgan fingerprint density at radius 3 is 2.29 bits per heavy atom. The van der Waals surface area contributed by atoms with Crippen LogP contribution in [0.2, 0.25) is 0 Å². The molecule has 0 bridgehead atoms. The normalized spacial score (nSPS) is 13.1. The van der Waals surface area contributed by atoms with E-state index in [-0.39, 0.29) is 18.9 Å². The molecule has 0 spiro atoms. The van der Waals surface area contributed by atoms with E-state index in [4.69, 9.17) is 0 Å². The summed E-state index contributed by atoms with van der Waals surface area (Å²) in [6.45, 7) is 1.41. The minimum Gasteiger partial charge on any atom is -0.481 e. The second-order valence-electron chi connectivity index (χ2n) is 5.10. The first kappa shape index (κ1) is 16.7. The van der Waals surface area contributed by atoms with Gasteiger partial charge in [-0.15, -0.1) is 0 Å². The lowest BCUT2D eigenvalue weighted by molar-refractivity contribution is -0.147. The summed E-state index contributed by atoms with van der Waals surface area (Å²) in [6.07, 6.45) is -0.208. The largest absolute Gasteiger partial charge is 0.481 e. The Morgan fingerprint density at radius 2 is 1.81 bits per heavy atom. The van der Waals surface area contributed by atoms with Crippen molar-refractivity contribution in [3.63, 3.8) is 0 Å². The number of carboxylic acids is 1. The fraction of sp³-hybridized carbons (Fsp3) is 0.400. The van der Waals surface area contributed by atoms with Gasteiger partial charge in [-0.3, -0.25) is 14.4 Å². The topological polar surface area (TPSA) is 86.7 Å². The fourth-order valence-electron chi connectivity index (χ4n) is 1.93. The van der Waals surface area contributed by atoms with Gasteiger partial charge in [0, 0.05) is 20.5 Å². The summed E-state index contributed by atoms with van der Waals surface area (Å²) in [5.41, 5.74) is -0.769. The molecule has 0 heterocycles. The van der Waals surface area contributed by atoms with Gasteiger partial charge in [-0.2, -0.15) is 0 Å². The van der Waals surface area contributed by atoms with Crippen LogP contribution in [0.4, 0.5) is 0 Å². The van der Waals surface area contributed by atoms with Crippen molar-refractivity contribution in [3.8, 4) is 0 Å². The van der Waals surface area contributed by atoms with Crippen molar-refractivity contribution in [2.24, 2.45) is 0 Å². The van der Waals surface area contributed by atoms with E-state index in [2.05, 4.69) is 5.32 Å². The zero-order chi connectivity index (χ0) is 16.0. The monoisotopic (exact) mass is 292 g/mol. The van der Waals surface area contributed by atoms with Crippen molar-refractivity contribution < 1.29 is 19.5 Å². The Kier molecular flexibility index (Phi) is 5.46. The molecule has 0 aliphatic heterocycles. The molecule has 1 atom stereocenters. The van der Waals surface area contributed by atoms with Crippen LogP contribution in [0, 0.1) is 0 Å². The van der Waals surface area contributed by atoms with Gasteiger partial charge in [0.2, 0.25) is 11.8 Å². The molecule has 1 aromatic carbocycles. The standard InChI is InChI=1S/C15H20N2O4/c1-15(14(20)21,11-7-5-4-6-8-11)9-13(19)17(3)10-12(18)16-2/h4-8H,9-10H2,1-3H3,(H,16,18)(H,20,21). The number of carbonyl (C=O) groups excluding carboxylic acids is 2. The van der Waals surface area contributed by atoms with E-state index >= 15 is 0 Å². The Balaban J connectivity index is 2.92. The van der Waals surface area contributed by atoms with E-state index in [9.17, 15) is 19.5 Å². The minimum absolute atomic E-state index is 0.0974. The molecule has 1 aromatic rings. The summed E-state index contributed by atoms with van der Waals surface area (Å²) in [7, 11) is 2.96. The molecule has 0 aliphatic carbocycles. The van der Waals surface area contributed by atoms with E-state index in [0.29, 0.717) is 5.56 Å². The van der Waals surface area contributed by atoms with Crippen molar-refractivity contribution in [1.82, 2.24) is 10.2 Å². The summed E-state index contributed by atoms with van der Waals surface area (Å²) in [6, 6.07) is 8.61. The van der Waals surface area contributed by atoms with Crippen LogP contribution in [0.5, 0.6) is 0 Å². The van der Waals surface area contributed by atoms with Crippen LogP contribution >= 0.6 is 0 Å². The van der Waals surface area contributed by atoms with Crippen molar-refractivity contribution in [3.05, 3.63) is 35.9 Å². The molecular formula is C15H20N2O4. The zero-order valence-electron chi connectivity index (χ0n) is 12.4. The predicted octanol–water partition coefficient (Wildman–Crippen LogP) is 0.623. The summed E-state index contributed by atoms with van der Waals surface area (Å²) in [5, 5.41) is 11.9. The summed E-state index contributed by atoms with van der Waals surface area (Å²) >= 11 is 0. The predicted molar refractivity (Wildman–Crippen MR) is 77.8 cm³/mol. The van der Waals surface area contributed by atoms with E-state index in [0.717, 1.165) is 0 Å². The minimum atomic E-state index is -1.32. The number of benzene rings is 1. The number of rotatable bonds is 6. The molecule has 21 heavy (non-hydrogen) atoms. The lowest BCUT2D eigenvalue weighted by Crippen LogP contribution is -2.42. The first-order valence-corrected chi connectivity index (χ1v) is 6.54. The van der Waals surface area contributed by atoms with E-state index < -0.39 is 17.3 Å². The Labute approximate surface area is 123 Å². The van der Waals surface area contributed by atoms with Crippen LogP contribution < -0.4 is 5.32 Å². The highest BCUT2D eigenvalue weighted by atomic mass is 16.4. The molecule has 114 valence electrons. The number of likely N-dealkylation sites (N-methyl/N-ethyl adjacent to an activating group) is 2. The first-order valence-electron chi connectivity index (χ1n) is 6.54. The third kappa shape index (κ3) is 4.05. The number of hydrogen-bond donors (Lipinski definition) is 2. The maximum Gasteiger partial charge on any atom is 0.314 e. The average molecular weight is 292 g/mol. The van der Waals surface area contributed by atoms with E-state index in [1.54, 1.807) is 30.3 Å². The summed E-state index contributed by atoms with van der Waals surface area (Å²) < 4.78 is 0. The highest BCUT2D eigenvalue weighted by Gasteiger charge is 2.38. The van der Waals surface area contributed by atoms with E-state index in [1.165, 1.54) is 25.9 Å². The molecule has 0 aliphatic rings. The van der Waals surface area contributed by atoms with Crippen LogP contribution in [0.15, 0.2) is 30.3 Å². The van der Waals surface area contributed by atoms with Gasteiger partial charge in [-0.1, -0.05) is 30.3 Å². The molecule has 2 amide bonds. The molecule has 2 N–H and O–H groups in total. The summed E-state index contributed by atoms with van der Waals surface area (Å²) in [5.74, 6) is -1.77. The van der Waals surface area contributed by atoms with Crippen LogP contribution in [0.1, 0.15) is 18.9 Å². The van der Waals surface area contributed by atoms with Crippen LogP contribution in [-0.2, 0) is 19.8 Å². The third-order valence-corrected chi connectivity index (χ3v) is 3.47. The molecular weight excluding hydrogens is 272 g/mol. The molecule has 0 fully saturated rings. The Morgan fingerprint density at radius 1 is 1.24 bits per heavy atom. The number of carbonyl (C=O) groups is 3. The number of nitrogens with one attached hydrogen (secondary N) is 1. The van der Waals surface area contributed by atoms with Gasteiger partial charge < -0.3 is 15.3 Å². The second-order valence-corrected chi connectivity index (χ2v) is 5.10. The van der Waals surface area contributed by atoms with Crippen molar-refractivity contribution in [2.45, 2.75) is 18.8 Å². The molecule has 1 unspecified atom stereocenters. The van der Waals surface area contributed by atoms with Crippen molar-refractivity contribution in [2.75, 3.05) is 20.6 Å². The van der Waals surface area contributed by atoms with Gasteiger partial charge in [0.15, 0.2) is 0 Å². The SMILES string of the molecule is CNC(=O)CN(C)C(=O)CC(C)(C(=O)O)c1ccccc1. The quantitative estimate of drug-likeness (QED) is 0.805. The highest BCUT2D eigenvalue weighted by molar-refractivity contribution is 5.90. The van der Waals surface area contributed by atoms with E-state index in [1.807, 2.05) is 0 Å².